The monoisotopic (exact) mass is 378 g/mol. The van der Waals surface area contributed by atoms with Gasteiger partial charge in [0.1, 0.15) is 0 Å². The topological polar surface area (TPSA) is 25.8 Å². The number of aryl methyl sites for hydroxylation is 2. The zero-order valence-corrected chi connectivity index (χ0v) is 18.0. The fourth-order valence-corrected chi connectivity index (χ4v) is 4.61. The first-order chi connectivity index (χ1) is 13.7. The molecular weight excluding hydrogens is 340 g/mol. The predicted molar refractivity (Wildman–Crippen MR) is 119 cm³/mol. The molecule has 1 aromatic carbocycles. The third-order valence-electron chi connectivity index (χ3n) is 6.57. The minimum Gasteiger partial charge on any atom is -0.155 e. The van der Waals surface area contributed by atoms with Crippen LogP contribution in [-0.4, -0.2) is 10.2 Å². The van der Waals surface area contributed by atoms with E-state index in [0.29, 0.717) is 0 Å². The number of hydrogen-bond donors (Lipinski definition) is 0. The van der Waals surface area contributed by atoms with Crippen molar-refractivity contribution in [3.8, 4) is 11.3 Å². The van der Waals surface area contributed by atoms with Gasteiger partial charge in [0.25, 0.3) is 0 Å². The van der Waals surface area contributed by atoms with Crippen molar-refractivity contribution in [2.75, 3.05) is 0 Å². The summed E-state index contributed by atoms with van der Waals surface area (Å²) >= 11 is 0. The van der Waals surface area contributed by atoms with E-state index in [-0.39, 0.29) is 0 Å². The van der Waals surface area contributed by atoms with Crippen LogP contribution in [-0.2, 0) is 6.42 Å². The van der Waals surface area contributed by atoms with E-state index in [9.17, 15) is 0 Å². The Balaban J connectivity index is 1.35. The Morgan fingerprint density at radius 1 is 0.750 bits per heavy atom. The number of rotatable bonds is 10. The number of aromatic nitrogens is 2. The van der Waals surface area contributed by atoms with E-state index in [0.717, 1.165) is 28.8 Å². The van der Waals surface area contributed by atoms with Gasteiger partial charge in [0.2, 0.25) is 0 Å². The van der Waals surface area contributed by atoms with Crippen LogP contribution in [0.25, 0.3) is 11.3 Å². The second kappa shape index (κ2) is 11.3. The molecule has 0 radical (unpaired) electrons. The minimum absolute atomic E-state index is 0.944. The summed E-state index contributed by atoms with van der Waals surface area (Å²) in [5.41, 5.74) is 4.55. The van der Waals surface area contributed by atoms with Crippen LogP contribution < -0.4 is 0 Å². The molecule has 2 aromatic rings. The molecule has 1 saturated carbocycles. The molecule has 0 amide bonds. The van der Waals surface area contributed by atoms with Crippen molar-refractivity contribution in [2.24, 2.45) is 11.8 Å². The predicted octanol–water partition coefficient (Wildman–Crippen LogP) is 7.55. The zero-order valence-electron chi connectivity index (χ0n) is 18.0. The Kier molecular flexibility index (Phi) is 8.51. The summed E-state index contributed by atoms with van der Waals surface area (Å²) < 4.78 is 0. The molecule has 1 fully saturated rings. The molecule has 2 nitrogen and oxygen atoms in total. The average Bonchev–Trinajstić information content (AvgIpc) is 2.74. The van der Waals surface area contributed by atoms with Crippen LogP contribution in [0.15, 0.2) is 36.4 Å². The highest BCUT2D eigenvalue weighted by atomic mass is 15.1. The van der Waals surface area contributed by atoms with Crippen molar-refractivity contribution in [1.29, 1.82) is 0 Å². The van der Waals surface area contributed by atoms with E-state index in [1.807, 2.05) is 13.0 Å². The van der Waals surface area contributed by atoms with Crippen LogP contribution in [0.1, 0.15) is 88.8 Å². The summed E-state index contributed by atoms with van der Waals surface area (Å²) in [6.45, 7) is 4.27. The molecule has 0 atom stereocenters. The maximum absolute atomic E-state index is 4.29. The maximum atomic E-state index is 4.29. The first-order valence-electron chi connectivity index (χ1n) is 11.6. The normalized spacial score (nSPS) is 19.6. The lowest BCUT2D eigenvalue weighted by atomic mass is 9.77. The van der Waals surface area contributed by atoms with Crippen LogP contribution in [0.2, 0.25) is 0 Å². The van der Waals surface area contributed by atoms with E-state index >= 15 is 0 Å². The molecule has 0 spiro atoms. The smallest absolute Gasteiger partial charge is 0.0929 e. The molecule has 0 unspecified atom stereocenters. The van der Waals surface area contributed by atoms with E-state index in [2.05, 4.69) is 47.5 Å². The number of benzene rings is 1. The molecule has 0 saturated heterocycles. The Morgan fingerprint density at radius 3 is 2.07 bits per heavy atom. The quantitative estimate of drug-likeness (QED) is 0.399. The van der Waals surface area contributed by atoms with Gasteiger partial charge in [-0.2, -0.15) is 10.2 Å². The van der Waals surface area contributed by atoms with Crippen molar-refractivity contribution in [1.82, 2.24) is 10.2 Å². The van der Waals surface area contributed by atoms with Gasteiger partial charge in [0, 0.05) is 5.56 Å². The second-order valence-electron chi connectivity index (χ2n) is 8.89. The molecule has 1 aliphatic rings. The lowest BCUT2D eigenvalue weighted by Crippen LogP contribution is -2.15. The van der Waals surface area contributed by atoms with E-state index in [1.165, 1.54) is 82.6 Å². The van der Waals surface area contributed by atoms with Crippen molar-refractivity contribution >= 4 is 0 Å². The summed E-state index contributed by atoms with van der Waals surface area (Å²) in [6, 6.07) is 13.0. The number of hydrogen-bond acceptors (Lipinski definition) is 2. The molecule has 152 valence electrons. The Bertz CT molecular complexity index is 667. The zero-order chi connectivity index (χ0) is 19.6. The van der Waals surface area contributed by atoms with E-state index in [4.69, 9.17) is 0 Å². The standard InChI is InChI=1S/C26H38N2/c1-3-4-5-6-7-8-22-10-12-23(13-11-22)14-15-24-16-18-25(19-17-24)26-20-9-21(2)27-28-26/h9,16-20,22-23H,3-8,10-15H2,1-2H3. The van der Waals surface area contributed by atoms with Gasteiger partial charge in [-0.25, -0.2) is 0 Å². The number of nitrogens with zero attached hydrogens (tertiary/aromatic N) is 2. The Morgan fingerprint density at radius 2 is 1.43 bits per heavy atom. The SMILES string of the molecule is CCCCCCCC1CCC(CCc2ccc(-c3ccc(C)nn3)cc2)CC1. The van der Waals surface area contributed by atoms with Gasteiger partial charge < -0.3 is 0 Å². The van der Waals surface area contributed by atoms with Crippen molar-refractivity contribution in [2.45, 2.75) is 90.9 Å². The van der Waals surface area contributed by atoms with Gasteiger partial charge in [0.15, 0.2) is 0 Å². The summed E-state index contributed by atoms with van der Waals surface area (Å²) in [5, 5.41) is 8.45. The molecule has 3 rings (SSSR count). The van der Waals surface area contributed by atoms with Gasteiger partial charge >= 0.3 is 0 Å². The van der Waals surface area contributed by atoms with Gasteiger partial charge in [-0.3, -0.25) is 0 Å². The molecular formula is C26H38N2. The highest BCUT2D eigenvalue weighted by Gasteiger charge is 2.20. The van der Waals surface area contributed by atoms with E-state index < -0.39 is 0 Å². The van der Waals surface area contributed by atoms with Gasteiger partial charge in [-0.05, 0) is 49.3 Å². The molecule has 1 aliphatic carbocycles. The van der Waals surface area contributed by atoms with Gasteiger partial charge in [0.05, 0.1) is 11.4 Å². The molecule has 0 N–H and O–H groups in total. The van der Waals surface area contributed by atoms with Crippen LogP contribution in [0, 0.1) is 18.8 Å². The Hall–Kier alpha value is -1.70. The highest BCUT2D eigenvalue weighted by Crippen LogP contribution is 2.34. The molecule has 0 bridgehead atoms. The van der Waals surface area contributed by atoms with Crippen molar-refractivity contribution < 1.29 is 0 Å². The average molecular weight is 379 g/mol. The second-order valence-corrected chi connectivity index (χ2v) is 8.89. The van der Waals surface area contributed by atoms with E-state index in [1.54, 1.807) is 0 Å². The first kappa shape index (κ1) is 21.0. The van der Waals surface area contributed by atoms with Gasteiger partial charge in [-0.1, -0.05) is 95.4 Å². The van der Waals surface area contributed by atoms with Gasteiger partial charge in [-0.15, -0.1) is 0 Å². The largest absolute Gasteiger partial charge is 0.155 e. The molecule has 0 aliphatic heterocycles. The summed E-state index contributed by atoms with van der Waals surface area (Å²) in [6.07, 6.45) is 17.1. The Labute approximate surface area is 172 Å². The molecule has 28 heavy (non-hydrogen) atoms. The van der Waals surface area contributed by atoms with Crippen molar-refractivity contribution in [3.05, 3.63) is 47.7 Å². The lowest BCUT2D eigenvalue weighted by molar-refractivity contribution is 0.248. The molecule has 2 heteroatoms. The minimum atomic E-state index is 0.944. The summed E-state index contributed by atoms with van der Waals surface area (Å²) in [4.78, 5) is 0. The van der Waals surface area contributed by atoms with Crippen LogP contribution in [0.4, 0.5) is 0 Å². The summed E-state index contributed by atoms with van der Waals surface area (Å²) in [7, 11) is 0. The fourth-order valence-electron chi connectivity index (χ4n) is 4.61. The third-order valence-corrected chi connectivity index (χ3v) is 6.57. The molecule has 1 heterocycles. The van der Waals surface area contributed by atoms with Crippen LogP contribution in [0.5, 0.6) is 0 Å². The van der Waals surface area contributed by atoms with Crippen LogP contribution in [0.3, 0.4) is 0 Å². The number of unbranched alkanes of at least 4 members (excludes halogenated alkanes) is 4. The maximum Gasteiger partial charge on any atom is 0.0929 e. The lowest BCUT2D eigenvalue weighted by Gasteiger charge is -2.28. The van der Waals surface area contributed by atoms with Crippen LogP contribution >= 0.6 is 0 Å². The fraction of sp³-hybridized carbons (Fsp3) is 0.615. The summed E-state index contributed by atoms with van der Waals surface area (Å²) in [5.74, 6) is 1.96. The molecule has 1 aromatic heterocycles. The third kappa shape index (κ3) is 6.72. The first-order valence-corrected chi connectivity index (χ1v) is 11.6. The highest BCUT2D eigenvalue weighted by molar-refractivity contribution is 5.58. The van der Waals surface area contributed by atoms with Crippen molar-refractivity contribution in [3.63, 3.8) is 0 Å².